The molecule has 0 spiro atoms. The van der Waals surface area contributed by atoms with Gasteiger partial charge >= 0.3 is 0 Å². The predicted molar refractivity (Wildman–Crippen MR) is 116 cm³/mol. The molecule has 0 amide bonds. The molecule has 6 heteroatoms. The van der Waals surface area contributed by atoms with Crippen LogP contribution in [0.15, 0.2) is 48.9 Å². The molecular weight excluding hydrogens is 377 g/mol. The smallest absolute Gasteiger partial charge is 0.165 e. The van der Waals surface area contributed by atoms with Gasteiger partial charge in [-0.25, -0.2) is 9.37 Å². The lowest BCUT2D eigenvalue weighted by atomic mass is 9.81. The van der Waals surface area contributed by atoms with Crippen LogP contribution in [0.5, 0.6) is 0 Å². The maximum atomic E-state index is 13.7. The van der Waals surface area contributed by atoms with Crippen molar-refractivity contribution in [1.82, 2.24) is 24.6 Å². The average Bonchev–Trinajstić information content (AvgIpc) is 3.40. The van der Waals surface area contributed by atoms with E-state index in [2.05, 4.69) is 28.1 Å². The number of nitrogens with zero attached hydrogens (tertiary/aromatic N) is 4. The lowest BCUT2D eigenvalue weighted by Crippen LogP contribution is -2.13. The van der Waals surface area contributed by atoms with Crippen LogP contribution in [0.3, 0.4) is 0 Å². The predicted octanol–water partition coefficient (Wildman–Crippen LogP) is 5.86. The topological polar surface area (TPSA) is 58.9 Å². The summed E-state index contributed by atoms with van der Waals surface area (Å²) in [6.07, 6.45) is 10.4. The van der Waals surface area contributed by atoms with Gasteiger partial charge in [0.2, 0.25) is 0 Å². The molecule has 5 aromatic rings. The number of aromatic amines is 1. The molecule has 1 fully saturated rings. The Balaban J connectivity index is 1.55. The van der Waals surface area contributed by atoms with Crippen molar-refractivity contribution >= 4 is 27.6 Å². The van der Waals surface area contributed by atoms with Crippen LogP contribution >= 0.6 is 0 Å². The van der Waals surface area contributed by atoms with E-state index in [1.807, 2.05) is 29.2 Å². The van der Waals surface area contributed by atoms with E-state index in [0.29, 0.717) is 5.92 Å². The van der Waals surface area contributed by atoms with Crippen LogP contribution < -0.4 is 0 Å². The van der Waals surface area contributed by atoms with Gasteiger partial charge in [0.05, 0.1) is 17.4 Å². The first-order chi connectivity index (χ1) is 14.7. The number of rotatable bonds is 2. The minimum absolute atomic E-state index is 0.263. The largest absolute Gasteiger partial charge is 0.346 e. The van der Waals surface area contributed by atoms with Crippen molar-refractivity contribution in [2.75, 3.05) is 0 Å². The third-order valence-electron chi connectivity index (χ3n) is 6.54. The monoisotopic (exact) mass is 399 g/mol. The molecule has 0 aliphatic heterocycles. The van der Waals surface area contributed by atoms with E-state index in [-0.39, 0.29) is 5.82 Å². The fraction of sp³-hybridized carbons (Fsp3) is 0.292. The molecule has 1 saturated carbocycles. The zero-order valence-electron chi connectivity index (χ0n) is 16.8. The number of pyridine rings is 1. The Morgan fingerprint density at radius 2 is 1.93 bits per heavy atom. The van der Waals surface area contributed by atoms with E-state index < -0.39 is 0 Å². The molecule has 1 aromatic carbocycles. The summed E-state index contributed by atoms with van der Waals surface area (Å²) in [5.41, 5.74) is 5.52. The highest BCUT2D eigenvalue weighted by molar-refractivity contribution is 5.89. The highest BCUT2D eigenvalue weighted by Crippen LogP contribution is 2.38. The molecule has 5 nitrogen and oxygen atoms in total. The van der Waals surface area contributed by atoms with Gasteiger partial charge in [-0.3, -0.25) is 4.98 Å². The van der Waals surface area contributed by atoms with Crippen molar-refractivity contribution in [1.29, 1.82) is 0 Å². The van der Waals surface area contributed by atoms with Gasteiger partial charge in [0.15, 0.2) is 5.65 Å². The zero-order chi connectivity index (χ0) is 20.2. The summed E-state index contributed by atoms with van der Waals surface area (Å²) in [5.74, 6) is 0.999. The standard InChI is InChI=1S/C24H22FN5/c1-14-2-4-15(5-3-14)22-19-8-9-26-23(19)30-24(29-22)20(13-28-30)17-10-16-11-18(25)6-7-21(16)27-12-17/h6-15,26H,2-5H2,1H3. The molecule has 0 atom stereocenters. The number of fused-ring (bicyclic) bond motifs is 4. The third kappa shape index (κ3) is 2.70. The molecule has 6 rings (SSSR count). The first kappa shape index (κ1) is 17.6. The normalized spacial score (nSPS) is 19.8. The first-order valence-electron chi connectivity index (χ1n) is 10.6. The lowest BCUT2D eigenvalue weighted by Gasteiger charge is -2.26. The Morgan fingerprint density at radius 1 is 1.07 bits per heavy atom. The highest BCUT2D eigenvalue weighted by atomic mass is 19.1. The van der Waals surface area contributed by atoms with E-state index in [0.717, 1.165) is 50.3 Å². The minimum Gasteiger partial charge on any atom is -0.346 e. The Kier molecular flexibility index (Phi) is 3.88. The second kappa shape index (κ2) is 6.62. The number of hydrogen-bond donors (Lipinski definition) is 1. The first-order valence-corrected chi connectivity index (χ1v) is 10.6. The Morgan fingerprint density at radius 3 is 2.80 bits per heavy atom. The zero-order valence-corrected chi connectivity index (χ0v) is 16.8. The van der Waals surface area contributed by atoms with Crippen LogP contribution in [0, 0.1) is 11.7 Å². The quantitative estimate of drug-likeness (QED) is 0.404. The van der Waals surface area contributed by atoms with Crippen LogP contribution in [-0.4, -0.2) is 24.6 Å². The second-order valence-corrected chi connectivity index (χ2v) is 8.55. The Labute approximate surface area is 173 Å². The summed E-state index contributed by atoms with van der Waals surface area (Å²) >= 11 is 0. The fourth-order valence-electron chi connectivity index (χ4n) is 4.83. The molecule has 4 heterocycles. The van der Waals surface area contributed by atoms with Gasteiger partial charge < -0.3 is 4.98 Å². The molecular formula is C24H22FN5. The van der Waals surface area contributed by atoms with E-state index in [9.17, 15) is 4.39 Å². The number of halogens is 1. The Hall–Kier alpha value is -3.28. The molecule has 0 radical (unpaired) electrons. The van der Waals surface area contributed by atoms with Crippen LogP contribution in [0.1, 0.15) is 44.2 Å². The van der Waals surface area contributed by atoms with Crippen molar-refractivity contribution < 1.29 is 4.39 Å². The maximum absolute atomic E-state index is 13.7. The van der Waals surface area contributed by atoms with Gasteiger partial charge in [0.1, 0.15) is 11.5 Å². The molecule has 0 saturated heterocycles. The summed E-state index contributed by atoms with van der Waals surface area (Å²) in [7, 11) is 0. The van der Waals surface area contributed by atoms with Crippen molar-refractivity contribution in [3.05, 3.63) is 60.4 Å². The molecule has 150 valence electrons. The van der Waals surface area contributed by atoms with Gasteiger partial charge in [0, 0.05) is 40.2 Å². The van der Waals surface area contributed by atoms with Crippen molar-refractivity contribution in [2.24, 2.45) is 5.92 Å². The van der Waals surface area contributed by atoms with Crippen LogP contribution in [0.25, 0.3) is 38.7 Å². The highest BCUT2D eigenvalue weighted by Gasteiger charge is 2.25. The van der Waals surface area contributed by atoms with Gasteiger partial charge in [0.25, 0.3) is 0 Å². The van der Waals surface area contributed by atoms with Crippen LogP contribution in [-0.2, 0) is 0 Å². The van der Waals surface area contributed by atoms with E-state index in [4.69, 9.17) is 4.98 Å². The molecule has 1 N–H and O–H groups in total. The van der Waals surface area contributed by atoms with Gasteiger partial charge in [-0.15, -0.1) is 0 Å². The van der Waals surface area contributed by atoms with E-state index in [1.54, 1.807) is 6.07 Å². The molecule has 1 aliphatic rings. The lowest BCUT2D eigenvalue weighted by molar-refractivity contribution is 0.345. The second-order valence-electron chi connectivity index (χ2n) is 8.55. The number of benzene rings is 1. The molecule has 4 aromatic heterocycles. The SMILES string of the molecule is CC1CCC(c2nc3c(-c4cnc5ccc(F)cc5c4)cnn3c3[nH]ccc23)CC1. The number of nitrogens with one attached hydrogen (secondary N) is 1. The number of hydrogen-bond acceptors (Lipinski definition) is 3. The summed E-state index contributed by atoms with van der Waals surface area (Å²) in [6.45, 7) is 2.34. The average molecular weight is 399 g/mol. The van der Waals surface area contributed by atoms with Crippen LogP contribution in [0.4, 0.5) is 4.39 Å². The van der Waals surface area contributed by atoms with Crippen molar-refractivity contribution in [3.63, 3.8) is 0 Å². The van der Waals surface area contributed by atoms with Crippen LogP contribution in [0.2, 0.25) is 0 Å². The van der Waals surface area contributed by atoms with Crippen molar-refractivity contribution in [2.45, 2.75) is 38.5 Å². The summed E-state index contributed by atoms with van der Waals surface area (Å²) < 4.78 is 15.6. The summed E-state index contributed by atoms with van der Waals surface area (Å²) in [5, 5.41) is 6.53. The number of H-pyrrole nitrogens is 1. The molecule has 0 bridgehead atoms. The molecule has 0 unspecified atom stereocenters. The Bertz CT molecular complexity index is 1390. The van der Waals surface area contributed by atoms with Gasteiger partial charge in [-0.2, -0.15) is 9.61 Å². The van der Waals surface area contributed by atoms with E-state index >= 15 is 0 Å². The summed E-state index contributed by atoms with van der Waals surface area (Å²) in [6, 6.07) is 8.73. The van der Waals surface area contributed by atoms with Gasteiger partial charge in [-0.05, 0) is 49.1 Å². The summed E-state index contributed by atoms with van der Waals surface area (Å²) in [4.78, 5) is 13.0. The number of aromatic nitrogens is 5. The molecule has 1 aliphatic carbocycles. The fourth-order valence-corrected chi connectivity index (χ4v) is 4.83. The third-order valence-corrected chi connectivity index (χ3v) is 6.54. The van der Waals surface area contributed by atoms with E-state index in [1.165, 1.54) is 37.8 Å². The van der Waals surface area contributed by atoms with Gasteiger partial charge in [-0.1, -0.05) is 19.8 Å². The minimum atomic E-state index is -0.263. The molecule has 30 heavy (non-hydrogen) atoms. The maximum Gasteiger partial charge on any atom is 0.165 e. The van der Waals surface area contributed by atoms with Crippen molar-refractivity contribution in [3.8, 4) is 11.1 Å².